The van der Waals surface area contributed by atoms with Crippen molar-refractivity contribution in [2.75, 3.05) is 0 Å². The monoisotopic (exact) mass is 400 g/mol. The smallest absolute Gasteiger partial charge is 0.0714 e. The van der Waals surface area contributed by atoms with E-state index in [1.165, 1.54) is 44.2 Å². The maximum atomic E-state index is 4.75. The first-order valence-corrected chi connectivity index (χ1v) is 10.7. The number of thiol groups is 1. The van der Waals surface area contributed by atoms with Gasteiger partial charge in [0.1, 0.15) is 0 Å². The summed E-state index contributed by atoms with van der Waals surface area (Å²) in [6.45, 7) is 0. The number of rotatable bonds is 2. The average molecular weight is 401 g/mol. The minimum Gasteiger partial charge on any atom is -0.143 e. The second-order valence-electron chi connectivity index (χ2n) is 7.92. The van der Waals surface area contributed by atoms with Crippen molar-refractivity contribution >= 4 is 23.4 Å². The van der Waals surface area contributed by atoms with Gasteiger partial charge in [0.2, 0.25) is 0 Å². The van der Waals surface area contributed by atoms with Crippen LogP contribution >= 0.6 is 12.6 Å². The van der Waals surface area contributed by atoms with Crippen LogP contribution in [-0.4, -0.2) is 0 Å². The van der Waals surface area contributed by atoms with Gasteiger partial charge in [0, 0.05) is 4.90 Å². The lowest BCUT2D eigenvalue weighted by atomic mass is 9.59. The van der Waals surface area contributed by atoms with E-state index in [0.29, 0.717) is 0 Å². The molecule has 0 saturated carbocycles. The van der Waals surface area contributed by atoms with Crippen LogP contribution in [0.3, 0.4) is 0 Å². The maximum absolute atomic E-state index is 4.75. The molecule has 0 saturated heterocycles. The SMILES string of the molecule is Sc1ccc2c(c1)C(c1ccccc1)(c1ccccc1)c1cccc3cccc-2c13. The quantitative estimate of drug-likeness (QED) is 0.286. The Morgan fingerprint density at radius 1 is 0.500 bits per heavy atom. The molecule has 0 bridgehead atoms. The zero-order valence-electron chi connectivity index (χ0n) is 16.4. The van der Waals surface area contributed by atoms with Gasteiger partial charge in [-0.15, -0.1) is 12.6 Å². The fourth-order valence-corrected chi connectivity index (χ4v) is 5.47. The molecule has 1 heteroatoms. The Morgan fingerprint density at radius 3 is 1.80 bits per heavy atom. The molecule has 6 rings (SSSR count). The zero-order valence-corrected chi connectivity index (χ0v) is 17.3. The second kappa shape index (κ2) is 6.62. The number of hydrogen-bond acceptors (Lipinski definition) is 1. The van der Waals surface area contributed by atoms with Crippen LogP contribution < -0.4 is 0 Å². The van der Waals surface area contributed by atoms with Crippen molar-refractivity contribution in [1.29, 1.82) is 0 Å². The van der Waals surface area contributed by atoms with E-state index in [4.69, 9.17) is 12.6 Å². The molecular formula is C29H20S. The first-order valence-electron chi connectivity index (χ1n) is 10.3. The average Bonchev–Trinajstić information content (AvgIpc) is 2.81. The van der Waals surface area contributed by atoms with Crippen LogP contribution in [0.4, 0.5) is 0 Å². The summed E-state index contributed by atoms with van der Waals surface area (Å²) in [6.07, 6.45) is 0. The molecule has 0 N–H and O–H groups in total. The third-order valence-electron chi connectivity index (χ3n) is 6.42. The highest BCUT2D eigenvalue weighted by atomic mass is 32.1. The Hall–Kier alpha value is -3.29. The van der Waals surface area contributed by atoms with Crippen LogP contribution in [-0.2, 0) is 5.41 Å². The van der Waals surface area contributed by atoms with Crippen LogP contribution in [0.25, 0.3) is 21.9 Å². The largest absolute Gasteiger partial charge is 0.143 e. The van der Waals surface area contributed by atoms with Gasteiger partial charge in [-0.2, -0.15) is 0 Å². The van der Waals surface area contributed by atoms with E-state index in [2.05, 4.69) is 115 Å². The fourth-order valence-electron chi connectivity index (χ4n) is 5.27. The van der Waals surface area contributed by atoms with Gasteiger partial charge in [-0.05, 0) is 56.3 Å². The van der Waals surface area contributed by atoms with E-state index in [9.17, 15) is 0 Å². The predicted molar refractivity (Wildman–Crippen MR) is 129 cm³/mol. The molecular weight excluding hydrogens is 380 g/mol. The van der Waals surface area contributed by atoms with Gasteiger partial charge >= 0.3 is 0 Å². The molecule has 0 fully saturated rings. The van der Waals surface area contributed by atoms with Crippen molar-refractivity contribution in [2.45, 2.75) is 10.3 Å². The summed E-state index contributed by atoms with van der Waals surface area (Å²) in [5.41, 5.74) is 7.36. The molecule has 0 aliphatic heterocycles. The van der Waals surface area contributed by atoms with Crippen molar-refractivity contribution < 1.29 is 0 Å². The highest BCUT2D eigenvalue weighted by molar-refractivity contribution is 7.80. The van der Waals surface area contributed by atoms with Gasteiger partial charge in [-0.25, -0.2) is 0 Å². The van der Waals surface area contributed by atoms with E-state index < -0.39 is 5.41 Å². The summed E-state index contributed by atoms with van der Waals surface area (Å²) in [5, 5.41) is 2.62. The van der Waals surface area contributed by atoms with Gasteiger partial charge < -0.3 is 0 Å². The Kier molecular flexibility index (Phi) is 3.87. The van der Waals surface area contributed by atoms with Crippen molar-refractivity contribution in [2.24, 2.45) is 0 Å². The van der Waals surface area contributed by atoms with Gasteiger partial charge in [0.25, 0.3) is 0 Å². The molecule has 0 nitrogen and oxygen atoms in total. The molecule has 1 aliphatic rings. The molecule has 0 heterocycles. The summed E-state index contributed by atoms with van der Waals surface area (Å²) in [5.74, 6) is 0. The molecule has 0 spiro atoms. The summed E-state index contributed by atoms with van der Waals surface area (Å²) < 4.78 is 0. The van der Waals surface area contributed by atoms with E-state index in [0.717, 1.165) is 4.90 Å². The lowest BCUT2D eigenvalue weighted by Crippen LogP contribution is -2.33. The Labute approximate surface area is 182 Å². The van der Waals surface area contributed by atoms with Crippen LogP contribution in [0.5, 0.6) is 0 Å². The fraction of sp³-hybridized carbons (Fsp3) is 0.0345. The van der Waals surface area contributed by atoms with Crippen molar-refractivity contribution in [3.05, 3.63) is 138 Å². The van der Waals surface area contributed by atoms with Gasteiger partial charge in [0.05, 0.1) is 5.41 Å². The minimum atomic E-state index is -0.398. The van der Waals surface area contributed by atoms with E-state index in [-0.39, 0.29) is 0 Å². The highest BCUT2D eigenvalue weighted by Gasteiger charge is 2.44. The van der Waals surface area contributed by atoms with Crippen LogP contribution in [0.1, 0.15) is 22.3 Å². The molecule has 0 unspecified atom stereocenters. The van der Waals surface area contributed by atoms with Gasteiger partial charge in [0.15, 0.2) is 0 Å². The molecule has 0 aromatic heterocycles. The Bertz CT molecular complexity index is 1340. The molecule has 5 aromatic rings. The molecule has 30 heavy (non-hydrogen) atoms. The lowest BCUT2D eigenvalue weighted by molar-refractivity contribution is 0.747. The molecule has 5 aromatic carbocycles. The summed E-state index contributed by atoms with van der Waals surface area (Å²) in [6, 6.07) is 41.8. The van der Waals surface area contributed by atoms with Gasteiger partial charge in [-0.1, -0.05) is 103 Å². The van der Waals surface area contributed by atoms with Crippen molar-refractivity contribution in [3.8, 4) is 11.1 Å². The first-order chi connectivity index (χ1) is 14.8. The molecule has 1 aliphatic carbocycles. The summed E-state index contributed by atoms with van der Waals surface area (Å²) >= 11 is 4.75. The maximum Gasteiger partial charge on any atom is 0.0714 e. The zero-order chi connectivity index (χ0) is 20.1. The number of hydrogen-bond donors (Lipinski definition) is 1. The lowest BCUT2D eigenvalue weighted by Gasteiger charge is -2.42. The van der Waals surface area contributed by atoms with E-state index in [1.807, 2.05) is 0 Å². The second-order valence-corrected chi connectivity index (χ2v) is 8.44. The first kappa shape index (κ1) is 17.6. The highest BCUT2D eigenvalue weighted by Crippen LogP contribution is 2.55. The van der Waals surface area contributed by atoms with Gasteiger partial charge in [-0.3, -0.25) is 0 Å². The minimum absolute atomic E-state index is 0.398. The Balaban J connectivity index is 1.91. The summed E-state index contributed by atoms with van der Waals surface area (Å²) in [4.78, 5) is 0.983. The normalized spacial score (nSPS) is 13.8. The standard InChI is InChI=1S/C29H20S/c30-23-17-18-24-25-15-7-9-20-10-8-16-26(28(20)25)29(27(24)19-23,21-11-3-1-4-12-21)22-13-5-2-6-14-22/h1-19,30H. The van der Waals surface area contributed by atoms with Crippen LogP contribution in [0.15, 0.2) is 120 Å². The van der Waals surface area contributed by atoms with E-state index in [1.54, 1.807) is 0 Å². The van der Waals surface area contributed by atoms with Crippen molar-refractivity contribution in [3.63, 3.8) is 0 Å². The number of benzene rings is 5. The third-order valence-corrected chi connectivity index (χ3v) is 6.70. The van der Waals surface area contributed by atoms with Crippen LogP contribution in [0, 0.1) is 0 Å². The summed E-state index contributed by atoms with van der Waals surface area (Å²) in [7, 11) is 0. The number of fused-ring (bicyclic) bond motifs is 2. The van der Waals surface area contributed by atoms with Crippen molar-refractivity contribution in [1.82, 2.24) is 0 Å². The molecule has 142 valence electrons. The molecule has 0 radical (unpaired) electrons. The molecule has 0 atom stereocenters. The molecule has 0 amide bonds. The predicted octanol–water partition coefficient (Wildman–Crippen LogP) is 7.49. The Morgan fingerprint density at radius 2 is 1.13 bits per heavy atom. The third kappa shape index (κ3) is 2.30. The van der Waals surface area contributed by atoms with Crippen LogP contribution in [0.2, 0.25) is 0 Å². The van der Waals surface area contributed by atoms with E-state index >= 15 is 0 Å². The topological polar surface area (TPSA) is 0 Å².